The van der Waals surface area contributed by atoms with Crippen LogP contribution in [0.4, 0.5) is 0 Å². The van der Waals surface area contributed by atoms with Crippen LogP contribution in [0, 0.1) is 0 Å². The molecule has 4 aromatic heterocycles. The van der Waals surface area contributed by atoms with Gasteiger partial charge in [-0.15, -0.1) is 0 Å². The molecule has 22 aromatic rings. The highest BCUT2D eigenvalue weighted by Crippen LogP contribution is 2.51. The summed E-state index contributed by atoms with van der Waals surface area (Å²) in [6, 6.07) is 119. The predicted octanol–water partition coefficient (Wildman–Crippen LogP) is 27.6. The van der Waals surface area contributed by atoms with Gasteiger partial charge < -0.3 is 27.3 Å². The highest BCUT2D eigenvalue weighted by Gasteiger charge is 2.26. The number of furan rings is 4. The largest absolute Gasteiger partial charge is 0.569 e. The molecule has 0 saturated carbocycles. The zero-order chi connectivity index (χ0) is 68.9. The molecule has 1 radical (unpaired) electrons. The van der Waals surface area contributed by atoms with Crippen LogP contribution in [0.25, 0.3) is 208 Å². The fourth-order valence-electron chi connectivity index (χ4n) is 16.2. The maximum Gasteiger partial charge on any atom is 0.569 e. The van der Waals surface area contributed by atoms with Crippen LogP contribution in [-0.4, -0.2) is 12.7 Å². The normalized spacial score (nSPS) is 11.8. The van der Waals surface area contributed by atoms with Crippen molar-refractivity contribution in [2.75, 3.05) is 0 Å². The first-order valence-corrected chi connectivity index (χ1v) is 35.6. The van der Waals surface area contributed by atoms with Crippen molar-refractivity contribution in [3.63, 3.8) is 0 Å². The Morgan fingerprint density at radius 1 is 0.240 bits per heavy atom. The number of fused-ring (bicyclic) bond motifs is 20. The van der Waals surface area contributed by atoms with Crippen LogP contribution in [0.5, 0.6) is 5.75 Å². The van der Waals surface area contributed by atoms with Crippen LogP contribution in [0.3, 0.4) is 0 Å². The third-order valence-corrected chi connectivity index (χ3v) is 21.3. The number of hydrogen-bond donors (Lipinski definition) is 1. The van der Waals surface area contributed by atoms with Crippen LogP contribution in [0.15, 0.2) is 362 Å². The van der Waals surface area contributed by atoms with Crippen molar-refractivity contribution in [2.45, 2.75) is 0 Å². The minimum atomic E-state index is 0.664. The Balaban J connectivity index is 0.000000114. The molecule has 0 fully saturated rings. The molecule has 0 amide bonds. The zero-order valence-electron chi connectivity index (χ0n) is 55.8. The molecule has 0 saturated heterocycles. The third-order valence-electron chi connectivity index (χ3n) is 20.7. The van der Waals surface area contributed by atoms with Crippen molar-refractivity contribution in [2.24, 2.45) is 0 Å². The zero-order valence-corrected chi connectivity index (χ0v) is 57.4. The molecule has 18 aromatic carbocycles. The number of benzene rings is 18. The van der Waals surface area contributed by atoms with Gasteiger partial charge in [0.25, 0.3) is 0 Å². The molecule has 4 heterocycles. The van der Waals surface area contributed by atoms with Crippen molar-refractivity contribution < 1.29 is 27.3 Å². The first-order valence-electron chi connectivity index (χ1n) is 34.8. The average molecular weight is 1400 g/mol. The minimum absolute atomic E-state index is 0.664. The van der Waals surface area contributed by atoms with Gasteiger partial charge in [-0.1, -0.05) is 291 Å². The molecule has 0 spiro atoms. The predicted molar refractivity (Wildman–Crippen MR) is 437 cm³/mol. The van der Waals surface area contributed by atoms with E-state index in [0.717, 1.165) is 138 Å². The standard InChI is InChI=1S/C48H28O2.C30H20BO2.C18H9BrO2/c1-2-17-32-29(13-1)14-12-24-33(32)30-15-11-16-31(27-30)44-35-19-3-5-21-37(35)45(38-22-6-4-20-36(38)44)41-28-40-34-18-7-9-25-42(34)49-47(40)46-39-23-8-10-26-43(39)50-48(41)46;32-31-33-30-27-16-5-3-14-25(27)29(26-15-4-6-17-28(26)30)22-12-7-11-21(19-22)24-18-8-10-20-9-1-2-13-23(20)24;19-13-9-12-10-5-1-3-7-14(10)20-17(12)16-11-6-2-4-8-15(11)21-18(13)16/h1-28H;1-19,32H;1-9H. The second-order valence-electron chi connectivity index (χ2n) is 26.4. The van der Waals surface area contributed by atoms with E-state index in [1.54, 1.807) is 0 Å². The van der Waals surface area contributed by atoms with E-state index in [4.69, 9.17) is 22.3 Å². The Morgan fingerprint density at radius 2 is 0.558 bits per heavy atom. The van der Waals surface area contributed by atoms with Crippen LogP contribution >= 0.6 is 15.9 Å². The van der Waals surface area contributed by atoms with Gasteiger partial charge in [0.15, 0.2) is 5.58 Å². The molecular formula is C96H57BBrO6. The Bertz CT molecular complexity index is 7110. The van der Waals surface area contributed by atoms with Gasteiger partial charge in [0, 0.05) is 54.2 Å². The summed E-state index contributed by atoms with van der Waals surface area (Å²) in [5.74, 6) is 0.664. The van der Waals surface area contributed by atoms with Crippen LogP contribution < -0.4 is 4.65 Å². The smallest absolute Gasteiger partial charge is 0.537 e. The fraction of sp³-hybridized carbons (Fsp3) is 0. The van der Waals surface area contributed by atoms with E-state index in [0.29, 0.717) is 5.75 Å². The number of para-hydroxylation sites is 4. The summed E-state index contributed by atoms with van der Waals surface area (Å²) in [5.41, 5.74) is 18.8. The molecule has 8 heteroatoms. The van der Waals surface area contributed by atoms with Crippen LogP contribution in [0.2, 0.25) is 0 Å². The van der Waals surface area contributed by atoms with E-state index >= 15 is 0 Å². The van der Waals surface area contributed by atoms with Crippen molar-refractivity contribution in [1.82, 2.24) is 0 Å². The molecule has 6 nitrogen and oxygen atoms in total. The molecule has 22 rings (SSSR count). The summed E-state index contributed by atoms with van der Waals surface area (Å²) in [5, 5.41) is 31.9. The van der Waals surface area contributed by atoms with E-state index < -0.39 is 0 Å². The summed E-state index contributed by atoms with van der Waals surface area (Å²) >= 11 is 3.63. The molecule has 0 unspecified atom stereocenters. The minimum Gasteiger partial charge on any atom is -0.537 e. The second-order valence-corrected chi connectivity index (χ2v) is 27.3. The lowest BCUT2D eigenvalue weighted by Gasteiger charge is -2.18. The molecule has 0 aliphatic heterocycles. The van der Waals surface area contributed by atoms with E-state index in [9.17, 15) is 5.02 Å². The Hall–Kier alpha value is -13.0. The van der Waals surface area contributed by atoms with Gasteiger partial charge >= 0.3 is 7.69 Å². The van der Waals surface area contributed by atoms with Gasteiger partial charge in [0.2, 0.25) is 0 Å². The van der Waals surface area contributed by atoms with Gasteiger partial charge in [0.1, 0.15) is 44.8 Å². The quantitative estimate of drug-likeness (QED) is 0.126. The molecule has 0 aliphatic carbocycles. The fourth-order valence-corrected chi connectivity index (χ4v) is 16.7. The highest BCUT2D eigenvalue weighted by molar-refractivity contribution is 9.10. The summed E-state index contributed by atoms with van der Waals surface area (Å²) in [4.78, 5) is 0. The third kappa shape index (κ3) is 9.90. The molecule has 487 valence electrons. The molecule has 0 atom stereocenters. The number of halogens is 1. The van der Waals surface area contributed by atoms with Gasteiger partial charge in [-0.2, -0.15) is 0 Å². The van der Waals surface area contributed by atoms with E-state index in [1.807, 2.05) is 84.9 Å². The molecule has 1 N–H and O–H groups in total. The SMILES string of the molecule is Brc1cc2c3ccccc3oc2c2c1oc1ccccc12.O[B]Oc1c2ccccc2c(-c2cccc(-c3cccc4ccccc34)c2)c2ccccc12.c1cc(-c2cccc3ccccc23)cc(-c2c3ccccc3c(-c3cc4c5ccccc5oc4c4c3oc3ccccc34)c3ccccc23)c1. The number of hydrogen-bond acceptors (Lipinski definition) is 6. The van der Waals surface area contributed by atoms with Gasteiger partial charge in [-0.05, 0) is 163 Å². The number of rotatable bonds is 7. The van der Waals surface area contributed by atoms with E-state index in [1.165, 1.54) is 82.0 Å². The van der Waals surface area contributed by atoms with Crippen molar-refractivity contribution in [3.8, 4) is 61.4 Å². The first kappa shape index (κ1) is 60.9. The lowest BCUT2D eigenvalue weighted by Crippen LogP contribution is -2.02. The topological polar surface area (TPSA) is 82.0 Å². The lowest BCUT2D eigenvalue weighted by molar-refractivity contribution is 0.459. The molecule has 104 heavy (non-hydrogen) atoms. The van der Waals surface area contributed by atoms with Crippen molar-refractivity contribution >= 4 is 176 Å². The highest BCUT2D eigenvalue weighted by atomic mass is 79.9. The van der Waals surface area contributed by atoms with E-state index in [2.05, 4.69) is 271 Å². The van der Waals surface area contributed by atoms with Crippen LogP contribution in [-0.2, 0) is 0 Å². The Morgan fingerprint density at radius 3 is 1.02 bits per heavy atom. The van der Waals surface area contributed by atoms with Crippen molar-refractivity contribution in [3.05, 3.63) is 344 Å². The molecular weight excluding hydrogens is 1340 g/mol. The lowest BCUT2D eigenvalue weighted by atomic mass is 9.84. The summed E-state index contributed by atoms with van der Waals surface area (Å²) in [7, 11) is 0.759. The van der Waals surface area contributed by atoms with Gasteiger partial charge in [-0.3, -0.25) is 0 Å². The average Bonchev–Trinajstić information content (AvgIpc) is 1.63. The maximum absolute atomic E-state index is 9.43. The van der Waals surface area contributed by atoms with Crippen molar-refractivity contribution in [1.29, 1.82) is 0 Å². The summed E-state index contributed by atoms with van der Waals surface area (Å²) in [6.07, 6.45) is 0. The summed E-state index contributed by atoms with van der Waals surface area (Å²) < 4.78 is 32.0. The monoisotopic (exact) mass is 1400 g/mol. The Labute approximate surface area is 604 Å². The maximum atomic E-state index is 9.43. The Kier molecular flexibility index (Phi) is 14.6. The van der Waals surface area contributed by atoms with E-state index in [-0.39, 0.29) is 0 Å². The van der Waals surface area contributed by atoms with Crippen LogP contribution in [0.1, 0.15) is 0 Å². The summed E-state index contributed by atoms with van der Waals surface area (Å²) in [6.45, 7) is 0. The van der Waals surface area contributed by atoms with Gasteiger partial charge in [0.05, 0.1) is 15.2 Å². The first-order chi connectivity index (χ1) is 51.5. The molecule has 0 aliphatic rings. The second kappa shape index (κ2) is 25.0. The molecule has 0 bridgehead atoms. The van der Waals surface area contributed by atoms with Gasteiger partial charge in [-0.25, -0.2) is 0 Å².